The average molecular weight is 354 g/mol. The molecule has 6 nitrogen and oxygen atoms in total. The normalized spacial score (nSPS) is 17.0. The highest BCUT2D eigenvalue weighted by atomic mass is 32.2. The van der Waals surface area contributed by atoms with Gasteiger partial charge in [-0.15, -0.1) is 0 Å². The average Bonchev–Trinajstić information content (AvgIpc) is 2.53. The monoisotopic (exact) mass is 354 g/mol. The summed E-state index contributed by atoms with van der Waals surface area (Å²) >= 11 is 0. The third-order valence-corrected chi connectivity index (χ3v) is 6.67. The first-order valence-corrected chi connectivity index (χ1v) is 9.95. The summed E-state index contributed by atoms with van der Waals surface area (Å²) in [7, 11) is -3.17. The van der Waals surface area contributed by atoms with Crippen molar-refractivity contribution in [3.05, 3.63) is 28.8 Å². The lowest BCUT2D eigenvalue weighted by Crippen LogP contribution is -2.47. The standard InChI is InChI=1S/C17H26N2O4S/c1-4-11-24(22,23)19-9-7-14(8-10-19)18-17(21)15-6-5-12(2)13(3)16(15)20/h5-6,14,20H,4,7-11H2,1-3H3,(H,18,21). The second-order valence-electron chi connectivity index (χ2n) is 6.37. The number of aryl methyl sites for hydroxylation is 1. The van der Waals surface area contributed by atoms with E-state index in [4.69, 9.17) is 0 Å². The maximum absolute atomic E-state index is 12.4. The van der Waals surface area contributed by atoms with Gasteiger partial charge in [0, 0.05) is 19.1 Å². The van der Waals surface area contributed by atoms with Crippen molar-refractivity contribution in [2.24, 2.45) is 0 Å². The summed E-state index contributed by atoms with van der Waals surface area (Å²) in [6.45, 7) is 6.35. The zero-order chi connectivity index (χ0) is 17.9. The smallest absolute Gasteiger partial charge is 0.255 e. The Hall–Kier alpha value is -1.60. The van der Waals surface area contributed by atoms with Crippen LogP contribution < -0.4 is 5.32 Å². The number of amides is 1. The molecule has 7 heteroatoms. The first-order chi connectivity index (χ1) is 11.3. The quantitative estimate of drug-likeness (QED) is 0.846. The molecule has 0 aromatic heterocycles. The Labute approximate surface area is 143 Å². The molecule has 0 saturated carbocycles. The zero-order valence-electron chi connectivity index (χ0n) is 14.5. The summed E-state index contributed by atoms with van der Waals surface area (Å²) in [5, 5.41) is 13.0. The first kappa shape index (κ1) is 18.7. The molecule has 0 radical (unpaired) electrons. The fourth-order valence-electron chi connectivity index (χ4n) is 2.91. The number of phenols is 1. The van der Waals surface area contributed by atoms with Crippen LogP contribution in [-0.2, 0) is 10.0 Å². The van der Waals surface area contributed by atoms with Crippen molar-refractivity contribution in [1.82, 2.24) is 9.62 Å². The molecule has 1 aromatic carbocycles. The maximum Gasteiger partial charge on any atom is 0.255 e. The number of aromatic hydroxyl groups is 1. The van der Waals surface area contributed by atoms with Gasteiger partial charge in [0.05, 0.1) is 11.3 Å². The van der Waals surface area contributed by atoms with E-state index in [0.29, 0.717) is 37.9 Å². The molecule has 1 amide bonds. The van der Waals surface area contributed by atoms with Gasteiger partial charge in [-0.2, -0.15) is 0 Å². The number of sulfonamides is 1. The Morgan fingerprint density at radius 2 is 1.92 bits per heavy atom. The van der Waals surface area contributed by atoms with Crippen LogP contribution in [0.1, 0.15) is 47.7 Å². The van der Waals surface area contributed by atoms with E-state index in [9.17, 15) is 18.3 Å². The largest absolute Gasteiger partial charge is 0.507 e. The lowest BCUT2D eigenvalue weighted by Gasteiger charge is -2.31. The number of nitrogens with zero attached hydrogens (tertiary/aromatic N) is 1. The second kappa shape index (κ2) is 7.53. The van der Waals surface area contributed by atoms with Gasteiger partial charge in [-0.3, -0.25) is 4.79 Å². The van der Waals surface area contributed by atoms with E-state index in [1.54, 1.807) is 13.0 Å². The summed E-state index contributed by atoms with van der Waals surface area (Å²) < 4.78 is 25.6. The van der Waals surface area contributed by atoms with E-state index in [0.717, 1.165) is 5.56 Å². The Kier molecular flexibility index (Phi) is 5.87. The number of carbonyl (C=O) groups excluding carboxylic acids is 1. The fourth-order valence-corrected chi connectivity index (χ4v) is 4.45. The molecule has 1 aliphatic heterocycles. The number of rotatable bonds is 5. The van der Waals surface area contributed by atoms with Crippen LogP contribution in [0.25, 0.3) is 0 Å². The van der Waals surface area contributed by atoms with Crippen LogP contribution in [0.5, 0.6) is 5.75 Å². The molecule has 0 unspecified atom stereocenters. The number of nitrogens with one attached hydrogen (secondary N) is 1. The Morgan fingerprint density at radius 3 is 2.50 bits per heavy atom. The summed E-state index contributed by atoms with van der Waals surface area (Å²) in [4.78, 5) is 12.4. The van der Waals surface area contributed by atoms with E-state index in [1.165, 1.54) is 4.31 Å². The van der Waals surface area contributed by atoms with Gasteiger partial charge in [-0.1, -0.05) is 13.0 Å². The molecule has 1 aromatic rings. The minimum atomic E-state index is -3.17. The van der Waals surface area contributed by atoms with Crippen LogP contribution in [-0.4, -0.2) is 48.6 Å². The fraction of sp³-hybridized carbons (Fsp3) is 0.588. The molecule has 134 valence electrons. The van der Waals surface area contributed by atoms with Gasteiger partial charge >= 0.3 is 0 Å². The molecule has 0 spiro atoms. The topological polar surface area (TPSA) is 86.7 Å². The van der Waals surface area contributed by atoms with Crippen LogP contribution in [0.2, 0.25) is 0 Å². The highest BCUT2D eigenvalue weighted by Crippen LogP contribution is 2.25. The molecule has 1 fully saturated rings. The van der Waals surface area contributed by atoms with Crippen molar-refractivity contribution in [3.8, 4) is 5.75 Å². The predicted octanol–water partition coefficient (Wildman–Crippen LogP) is 1.94. The predicted molar refractivity (Wildman–Crippen MR) is 93.7 cm³/mol. The van der Waals surface area contributed by atoms with Crippen molar-refractivity contribution < 1.29 is 18.3 Å². The van der Waals surface area contributed by atoms with Crippen molar-refractivity contribution in [2.75, 3.05) is 18.8 Å². The van der Waals surface area contributed by atoms with Gasteiger partial charge in [0.25, 0.3) is 5.91 Å². The van der Waals surface area contributed by atoms with Gasteiger partial charge < -0.3 is 10.4 Å². The number of phenolic OH excluding ortho intramolecular Hbond substituents is 1. The minimum absolute atomic E-state index is 0.00968. The summed E-state index contributed by atoms with van der Waals surface area (Å²) in [5.41, 5.74) is 1.89. The van der Waals surface area contributed by atoms with Crippen molar-refractivity contribution in [2.45, 2.75) is 46.1 Å². The van der Waals surface area contributed by atoms with Gasteiger partial charge in [0.1, 0.15) is 5.75 Å². The van der Waals surface area contributed by atoms with Gasteiger partial charge in [0.15, 0.2) is 0 Å². The SMILES string of the molecule is CCCS(=O)(=O)N1CCC(NC(=O)c2ccc(C)c(C)c2O)CC1. The van der Waals surface area contributed by atoms with Crippen molar-refractivity contribution in [1.29, 1.82) is 0 Å². The van der Waals surface area contributed by atoms with Gasteiger partial charge in [-0.05, 0) is 50.3 Å². The number of benzene rings is 1. The van der Waals surface area contributed by atoms with E-state index < -0.39 is 10.0 Å². The minimum Gasteiger partial charge on any atom is -0.507 e. The summed E-state index contributed by atoms with van der Waals surface area (Å²) in [6, 6.07) is 3.35. The van der Waals surface area contributed by atoms with Crippen molar-refractivity contribution >= 4 is 15.9 Å². The molecule has 1 saturated heterocycles. The van der Waals surface area contributed by atoms with E-state index in [1.807, 2.05) is 19.9 Å². The molecule has 1 aliphatic rings. The Balaban J connectivity index is 1.97. The Bertz CT molecular complexity index is 708. The third kappa shape index (κ3) is 4.08. The van der Waals surface area contributed by atoms with Crippen LogP contribution in [0.3, 0.4) is 0 Å². The molecule has 0 atom stereocenters. The molecule has 2 N–H and O–H groups in total. The number of carbonyl (C=O) groups is 1. The van der Waals surface area contributed by atoms with Crippen molar-refractivity contribution in [3.63, 3.8) is 0 Å². The molecule has 0 bridgehead atoms. The summed E-state index contributed by atoms with van der Waals surface area (Å²) in [5.74, 6) is -0.137. The van der Waals surface area contributed by atoms with Crippen LogP contribution in [0, 0.1) is 13.8 Å². The van der Waals surface area contributed by atoms with Crippen LogP contribution in [0.15, 0.2) is 12.1 Å². The summed E-state index contributed by atoms with van der Waals surface area (Å²) in [6.07, 6.45) is 1.77. The highest BCUT2D eigenvalue weighted by Gasteiger charge is 2.28. The van der Waals surface area contributed by atoms with Crippen LogP contribution >= 0.6 is 0 Å². The highest BCUT2D eigenvalue weighted by molar-refractivity contribution is 7.89. The lowest BCUT2D eigenvalue weighted by atomic mass is 10.0. The van der Waals surface area contributed by atoms with Gasteiger partial charge in [0.2, 0.25) is 10.0 Å². The molecule has 2 rings (SSSR count). The third-order valence-electron chi connectivity index (χ3n) is 4.59. The molecule has 1 heterocycles. The molecule has 0 aliphatic carbocycles. The number of piperidine rings is 1. The molecule has 24 heavy (non-hydrogen) atoms. The number of hydrogen-bond acceptors (Lipinski definition) is 4. The molecular formula is C17H26N2O4S. The zero-order valence-corrected chi connectivity index (χ0v) is 15.3. The first-order valence-electron chi connectivity index (χ1n) is 8.34. The Morgan fingerprint density at radius 1 is 1.29 bits per heavy atom. The van der Waals surface area contributed by atoms with E-state index in [2.05, 4.69) is 5.32 Å². The van der Waals surface area contributed by atoms with E-state index in [-0.39, 0.29) is 29.0 Å². The lowest BCUT2D eigenvalue weighted by molar-refractivity contribution is 0.0921. The number of hydrogen-bond donors (Lipinski definition) is 2. The van der Waals surface area contributed by atoms with Crippen LogP contribution in [0.4, 0.5) is 0 Å². The molecular weight excluding hydrogens is 328 g/mol. The van der Waals surface area contributed by atoms with Gasteiger partial charge in [-0.25, -0.2) is 12.7 Å². The maximum atomic E-state index is 12.4. The van der Waals surface area contributed by atoms with E-state index >= 15 is 0 Å². The second-order valence-corrected chi connectivity index (χ2v) is 8.45.